The molecule has 6 nitrogen and oxygen atoms in total. The number of hydrogen-bond donors (Lipinski definition) is 1. The van der Waals surface area contributed by atoms with Crippen molar-refractivity contribution in [1.82, 2.24) is 4.98 Å². The molecule has 1 amide bonds. The molecule has 1 aromatic heterocycles. The summed E-state index contributed by atoms with van der Waals surface area (Å²) < 4.78 is 11.0. The van der Waals surface area contributed by atoms with Crippen LogP contribution in [-0.2, 0) is 9.53 Å². The van der Waals surface area contributed by atoms with Gasteiger partial charge in [0.15, 0.2) is 12.7 Å². The summed E-state index contributed by atoms with van der Waals surface area (Å²) in [5.41, 5.74) is 7.04. The molecule has 1 unspecified atom stereocenters. The van der Waals surface area contributed by atoms with Crippen LogP contribution in [0.15, 0.2) is 79.1 Å². The van der Waals surface area contributed by atoms with Crippen LogP contribution in [0.1, 0.15) is 27.6 Å². The molecule has 136 valence electrons. The molecule has 0 aliphatic heterocycles. The van der Waals surface area contributed by atoms with E-state index in [2.05, 4.69) is 4.98 Å². The maximum atomic E-state index is 12.7. The van der Waals surface area contributed by atoms with Crippen LogP contribution in [0.2, 0.25) is 0 Å². The van der Waals surface area contributed by atoms with Crippen LogP contribution >= 0.6 is 0 Å². The van der Waals surface area contributed by atoms with Gasteiger partial charge >= 0.3 is 5.97 Å². The summed E-state index contributed by atoms with van der Waals surface area (Å²) in [6.07, 6.45) is 2.73. The minimum atomic E-state index is -0.593. The van der Waals surface area contributed by atoms with E-state index >= 15 is 0 Å². The Morgan fingerprint density at radius 3 is 2.33 bits per heavy atom. The number of carbonyl (C=O) groups is 2. The van der Waals surface area contributed by atoms with Crippen molar-refractivity contribution >= 4 is 11.9 Å². The number of ether oxygens (including phenoxy) is 2. The maximum Gasteiger partial charge on any atom is 0.339 e. The minimum absolute atomic E-state index is 0.262. The molecule has 0 spiro atoms. The number of pyridine rings is 1. The summed E-state index contributed by atoms with van der Waals surface area (Å²) in [6, 6.07) is 19.5. The molecule has 0 saturated carbocycles. The van der Waals surface area contributed by atoms with E-state index in [-0.39, 0.29) is 6.61 Å². The SMILES string of the molecule is NC(=O)COc1cccc(C(=O)OC(c2ccccc2)c2ccncc2)c1. The summed E-state index contributed by atoms with van der Waals surface area (Å²) in [7, 11) is 0. The Bertz CT molecular complexity index is 874. The molecule has 0 aliphatic rings. The number of rotatable bonds is 7. The van der Waals surface area contributed by atoms with Crippen molar-refractivity contribution in [1.29, 1.82) is 0 Å². The fourth-order valence-electron chi connectivity index (χ4n) is 2.54. The molecule has 0 aliphatic carbocycles. The molecule has 27 heavy (non-hydrogen) atoms. The second-order valence-corrected chi connectivity index (χ2v) is 5.76. The summed E-state index contributed by atoms with van der Waals surface area (Å²) in [5, 5.41) is 0. The first-order valence-corrected chi connectivity index (χ1v) is 8.30. The Morgan fingerprint density at radius 1 is 0.926 bits per heavy atom. The predicted octanol–water partition coefficient (Wildman–Crippen LogP) is 2.89. The molecular weight excluding hydrogens is 344 g/mol. The van der Waals surface area contributed by atoms with Crippen molar-refractivity contribution < 1.29 is 19.1 Å². The zero-order chi connectivity index (χ0) is 19.1. The summed E-state index contributed by atoms with van der Waals surface area (Å²) in [4.78, 5) is 27.6. The molecule has 0 radical (unpaired) electrons. The van der Waals surface area contributed by atoms with E-state index in [1.165, 1.54) is 6.07 Å². The standard InChI is InChI=1S/C21H18N2O4/c22-19(24)14-26-18-8-4-7-17(13-18)21(25)27-20(15-5-2-1-3-6-15)16-9-11-23-12-10-16/h1-13,20H,14H2,(H2,22,24). The highest BCUT2D eigenvalue weighted by Crippen LogP contribution is 2.27. The lowest BCUT2D eigenvalue weighted by Gasteiger charge is -2.19. The van der Waals surface area contributed by atoms with Gasteiger partial charge in [0, 0.05) is 18.0 Å². The largest absolute Gasteiger partial charge is 0.484 e. The van der Waals surface area contributed by atoms with E-state index in [9.17, 15) is 9.59 Å². The molecule has 3 aromatic rings. The van der Waals surface area contributed by atoms with Gasteiger partial charge < -0.3 is 15.2 Å². The number of esters is 1. The average molecular weight is 362 g/mol. The van der Waals surface area contributed by atoms with Crippen molar-refractivity contribution in [2.24, 2.45) is 5.73 Å². The highest BCUT2D eigenvalue weighted by Gasteiger charge is 2.20. The molecule has 2 N–H and O–H groups in total. The molecule has 1 heterocycles. The first-order chi connectivity index (χ1) is 13.1. The quantitative estimate of drug-likeness (QED) is 0.653. The molecule has 0 saturated heterocycles. The molecule has 1 atom stereocenters. The van der Waals surface area contributed by atoms with E-state index in [4.69, 9.17) is 15.2 Å². The summed E-state index contributed by atoms with van der Waals surface area (Å²) in [5.74, 6) is -0.738. The second kappa shape index (κ2) is 8.62. The Hall–Kier alpha value is -3.67. The Balaban J connectivity index is 1.83. The third kappa shape index (κ3) is 4.92. The lowest BCUT2D eigenvalue weighted by Crippen LogP contribution is -2.20. The Morgan fingerprint density at radius 2 is 1.63 bits per heavy atom. The van der Waals surface area contributed by atoms with Gasteiger partial charge in [0.1, 0.15) is 5.75 Å². The van der Waals surface area contributed by atoms with Crippen molar-refractivity contribution in [3.63, 3.8) is 0 Å². The number of benzene rings is 2. The average Bonchev–Trinajstić information content (AvgIpc) is 2.72. The third-order valence-corrected chi connectivity index (χ3v) is 3.79. The first-order valence-electron chi connectivity index (χ1n) is 8.30. The van der Waals surface area contributed by atoms with E-state index in [1.54, 1.807) is 42.7 Å². The van der Waals surface area contributed by atoms with Crippen LogP contribution in [0.4, 0.5) is 0 Å². The van der Waals surface area contributed by atoms with E-state index in [0.717, 1.165) is 11.1 Å². The lowest BCUT2D eigenvalue weighted by atomic mass is 10.0. The van der Waals surface area contributed by atoms with Crippen LogP contribution in [0.3, 0.4) is 0 Å². The van der Waals surface area contributed by atoms with Crippen LogP contribution in [0.5, 0.6) is 5.75 Å². The van der Waals surface area contributed by atoms with Crippen molar-refractivity contribution in [3.8, 4) is 5.75 Å². The maximum absolute atomic E-state index is 12.7. The predicted molar refractivity (Wildman–Crippen MR) is 99.1 cm³/mol. The fourth-order valence-corrected chi connectivity index (χ4v) is 2.54. The number of amides is 1. The second-order valence-electron chi connectivity index (χ2n) is 5.76. The zero-order valence-corrected chi connectivity index (χ0v) is 14.4. The van der Waals surface area contributed by atoms with Crippen LogP contribution < -0.4 is 10.5 Å². The smallest absolute Gasteiger partial charge is 0.339 e. The van der Waals surface area contributed by atoms with Gasteiger partial charge in [-0.2, -0.15) is 0 Å². The highest BCUT2D eigenvalue weighted by molar-refractivity contribution is 5.90. The van der Waals surface area contributed by atoms with Gasteiger partial charge in [-0.05, 0) is 35.9 Å². The van der Waals surface area contributed by atoms with Crippen LogP contribution in [0.25, 0.3) is 0 Å². The van der Waals surface area contributed by atoms with Gasteiger partial charge in [-0.15, -0.1) is 0 Å². The summed E-state index contributed by atoms with van der Waals surface area (Å²) >= 11 is 0. The number of primary amides is 1. The van der Waals surface area contributed by atoms with E-state index in [0.29, 0.717) is 11.3 Å². The molecule has 0 fully saturated rings. The summed E-state index contributed by atoms with van der Waals surface area (Å²) in [6.45, 7) is -0.262. The fraction of sp³-hybridized carbons (Fsp3) is 0.0952. The van der Waals surface area contributed by atoms with Gasteiger partial charge in [0.05, 0.1) is 5.56 Å². The number of carbonyl (C=O) groups excluding carboxylic acids is 2. The monoisotopic (exact) mass is 362 g/mol. The van der Waals surface area contributed by atoms with Gasteiger partial charge in [-0.3, -0.25) is 9.78 Å². The van der Waals surface area contributed by atoms with Crippen molar-refractivity contribution in [2.75, 3.05) is 6.61 Å². The van der Waals surface area contributed by atoms with Gasteiger partial charge in [-0.25, -0.2) is 4.79 Å². The molecule has 2 aromatic carbocycles. The van der Waals surface area contributed by atoms with Gasteiger partial charge in [-0.1, -0.05) is 36.4 Å². The molecule has 0 bridgehead atoms. The van der Waals surface area contributed by atoms with Crippen LogP contribution in [-0.4, -0.2) is 23.5 Å². The number of nitrogens with two attached hydrogens (primary N) is 1. The number of hydrogen-bond acceptors (Lipinski definition) is 5. The van der Waals surface area contributed by atoms with Crippen LogP contribution in [0, 0.1) is 0 Å². The van der Waals surface area contributed by atoms with E-state index in [1.807, 2.05) is 30.3 Å². The van der Waals surface area contributed by atoms with Crippen molar-refractivity contribution in [2.45, 2.75) is 6.10 Å². The minimum Gasteiger partial charge on any atom is -0.484 e. The normalized spacial score (nSPS) is 11.4. The van der Waals surface area contributed by atoms with Gasteiger partial charge in [0.2, 0.25) is 0 Å². The Kier molecular flexibility index (Phi) is 5.79. The Labute approximate surface area is 156 Å². The molecular formula is C21H18N2O4. The molecule has 3 rings (SSSR count). The number of nitrogens with zero attached hydrogens (tertiary/aromatic N) is 1. The number of aromatic nitrogens is 1. The molecule has 6 heteroatoms. The van der Waals surface area contributed by atoms with Gasteiger partial charge in [0.25, 0.3) is 5.91 Å². The first kappa shape index (κ1) is 18.1. The topological polar surface area (TPSA) is 91.5 Å². The van der Waals surface area contributed by atoms with E-state index < -0.39 is 18.0 Å². The van der Waals surface area contributed by atoms with Crippen molar-refractivity contribution in [3.05, 3.63) is 95.8 Å². The highest BCUT2D eigenvalue weighted by atomic mass is 16.5. The third-order valence-electron chi connectivity index (χ3n) is 3.79. The zero-order valence-electron chi connectivity index (χ0n) is 14.4. The lowest BCUT2D eigenvalue weighted by molar-refractivity contribution is -0.119.